The zero-order valence-electron chi connectivity index (χ0n) is 16.1. The van der Waals surface area contributed by atoms with Crippen molar-refractivity contribution in [3.63, 3.8) is 0 Å². The number of halogens is 2. The minimum absolute atomic E-state index is 0.150. The molecular formula is C21H19F2N3O3. The Morgan fingerprint density at radius 3 is 2.52 bits per heavy atom. The van der Waals surface area contributed by atoms with E-state index in [1.54, 1.807) is 15.3 Å². The monoisotopic (exact) mass is 399 g/mol. The highest BCUT2D eigenvalue weighted by molar-refractivity contribution is 5.87. The van der Waals surface area contributed by atoms with Gasteiger partial charge in [-0.25, -0.2) is 13.6 Å². The van der Waals surface area contributed by atoms with Gasteiger partial charge in [-0.3, -0.25) is 9.48 Å². The molecule has 0 radical (unpaired) electrons. The van der Waals surface area contributed by atoms with E-state index in [1.807, 2.05) is 20.8 Å². The highest BCUT2D eigenvalue weighted by Gasteiger charge is 2.34. The second-order valence-electron chi connectivity index (χ2n) is 8.25. The van der Waals surface area contributed by atoms with Crippen LogP contribution in [0.25, 0.3) is 22.6 Å². The lowest BCUT2D eigenvalue weighted by Crippen LogP contribution is -2.35. The first-order chi connectivity index (χ1) is 13.6. The van der Waals surface area contributed by atoms with E-state index in [-0.39, 0.29) is 22.6 Å². The summed E-state index contributed by atoms with van der Waals surface area (Å²) in [6.45, 7) is 6.44. The molecule has 1 atom stereocenters. The van der Waals surface area contributed by atoms with E-state index in [2.05, 4.69) is 5.10 Å². The first kappa shape index (κ1) is 19.0. The van der Waals surface area contributed by atoms with Crippen molar-refractivity contribution in [2.75, 3.05) is 0 Å². The SMILES string of the molecule is CC(C)(C)[C@@H]1Cn2nc(-c3ccc(F)cc3F)cc2-c2cc(=O)c(C(=O)O)cn21. The number of benzene rings is 1. The maximum atomic E-state index is 14.3. The number of rotatable bonds is 2. The Bertz CT molecular complexity index is 1200. The molecule has 29 heavy (non-hydrogen) atoms. The molecule has 1 N–H and O–H groups in total. The molecule has 8 heteroatoms. The molecule has 2 aromatic heterocycles. The van der Waals surface area contributed by atoms with Gasteiger partial charge in [-0.1, -0.05) is 20.8 Å². The lowest BCUT2D eigenvalue weighted by atomic mass is 9.85. The normalized spacial score (nSPS) is 15.7. The van der Waals surface area contributed by atoms with E-state index in [4.69, 9.17) is 0 Å². The summed E-state index contributed by atoms with van der Waals surface area (Å²) in [4.78, 5) is 23.8. The van der Waals surface area contributed by atoms with Crippen LogP contribution < -0.4 is 5.43 Å². The van der Waals surface area contributed by atoms with Crippen LogP contribution in [0.1, 0.15) is 37.2 Å². The third-order valence-electron chi connectivity index (χ3n) is 5.24. The van der Waals surface area contributed by atoms with E-state index in [1.165, 1.54) is 18.3 Å². The van der Waals surface area contributed by atoms with E-state index >= 15 is 0 Å². The number of nitrogens with zero attached hydrogens (tertiary/aromatic N) is 3. The van der Waals surface area contributed by atoms with Crippen molar-refractivity contribution in [2.24, 2.45) is 5.41 Å². The molecule has 1 aliphatic heterocycles. The summed E-state index contributed by atoms with van der Waals surface area (Å²) in [5.74, 6) is -2.70. The van der Waals surface area contributed by atoms with Gasteiger partial charge in [0.05, 0.1) is 29.7 Å². The van der Waals surface area contributed by atoms with Gasteiger partial charge < -0.3 is 9.67 Å². The first-order valence-electron chi connectivity index (χ1n) is 9.09. The Hall–Kier alpha value is -3.29. The van der Waals surface area contributed by atoms with Crippen LogP contribution in [0, 0.1) is 17.0 Å². The third kappa shape index (κ3) is 3.14. The summed E-state index contributed by atoms with van der Waals surface area (Å²) in [5, 5.41) is 13.8. The summed E-state index contributed by atoms with van der Waals surface area (Å²) in [5.41, 5.74) is 0.349. The molecule has 0 fully saturated rings. The Balaban J connectivity index is 1.95. The second-order valence-corrected chi connectivity index (χ2v) is 8.25. The van der Waals surface area contributed by atoms with Crippen LogP contribution >= 0.6 is 0 Å². The molecule has 4 rings (SSSR count). The molecule has 3 aromatic rings. The minimum Gasteiger partial charge on any atom is -0.477 e. The van der Waals surface area contributed by atoms with Gasteiger partial charge in [0.15, 0.2) is 5.43 Å². The molecule has 0 amide bonds. The van der Waals surface area contributed by atoms with Gasteiger partial charge in [-0.2, -0.15) is 5.10 Å². The molecule has 0 unspecified atom stereocenters. The number of fused-ring (bicyclic) bond motifs is 3. The van der Waals surface area contributed by atoms with E-state index < -0.39 is 23.0 Å². The molecule has 0 bridgehead atoms. The van der Waals surface area contributed by atoms with Crippen LogP contribution in [0.2, 0.25) is 0 Å². The lowest BCUT2D eigenvalue weighted by molar-refractivity contribution is 0.0693. The molecule has 0 saturated heterocycles. The van der Waals surface area contributed by atoms with Crippen LogP contribution in [0.15, 0.2) is 41.3 Å². The highest BCUT2D eigenvalue weighted by Crippen LogP contribution is 2.40. The van der Waals surface area contributed by atoms with Gasteiger partial charge in [0.1, 0.15) is 17.2 Å². The van der Waals surface area contributed by atoms with Crippen molar-refractivity contribution in [1.29, 1.82) is 0 Å². The van der Waals surface area contributed by atoms with Crippen LogP contribution in [-0.2, 0) is 6.54 Å². The van der Waals surface area contributed by atoms with Crippen molar-refractivity contribution in [3.05, 3.63) is 63.9 Å². The second kappa shape index (κ2) is 6.37. The largest absolute Gasteiger partial charge is 0.477 e. The average molecular weight is 399 g/mol. The quantitative estimate of drug-likeness (QED) is 0.708. The van der Waals surface area contributed by atoms with Crippen LogP contribution in [0.5, 0.6) is 0 Å². The van der Waals surface area contributed by atoms with Gasteiger partial charge in [0.25, 0.3) is 0 Å². The number of pyridine rings is 1. The Kier molecular flexibility index (Phi) is 4.18. The van der Waals surface area contributed by atoms with Crippen molar-refractivity contribution in [1.82, 2.24) is 14.3 Å². The van der Waals surface area contributed by atoms with Gasteiger partial charge in [-0.05, 0) is 23.6 Å². The third-order valence-corrected chi connectivity index (χ3v) is 5.24. The van der Waals surface area contributed by atoms with Crippen molar-refractivity contribution in [3.8, 4) is 22.6 Å². The summed E-state index contributed by atoms with van der Waals surface area (Å²) in [6.07, 6.45) is 1.37. The number of carboxylic acids is 1. The summed E-state index contributed by atoms with van der Waals surface area (Å²) in [7, 11) is 0. The van der Waals surface area contributed by atoms with Crippen LogP contribution in [0.4, 0.5) is 8.78 Å². The molecule has 0 spiro atoms. The van der Waals surface area contributed by atoms with Crippen molar-refractivity contribution < 1.29 is 18.7 Å². The summed E-state index contributed by atoms with van der Waals surface area (Å²) >= 11 is 0. The highest BCUT2D eigenvalue weighted by atomic mass is 19.1. The average Bonchev–Trinajstić information content (AvgIpc) is 3.03. The maximum absolute atomic E-state index is 14.3. The topological polar surface area (TPSA) is 77.1 Å². The molecule has 150 valence electrons. The maximum Gasteiger partial charge on any atom is 0.341 e. The molecule has 3 heterocycles. The predicted molar refractivity (Wildman–Crippen MR) is 103 cm³/mol. The molecule has 6 nitrogen and oxygen atoms in total. The van der Waals surface area contributed by atoms with Crippen LogP contribution in [-0.4, -0.2) is 25.4 Å². The van der Waals surface area contributed by atoms with Gasteiger partial charge in [-0.15, -0.1) is 0 Å². The standard InChI is InChI=1S/C21H19F2N3O3/c1-21(2,3)19-10-26-17(16-8-18(27)13(20(28)29)9-25(16)19)7-15(24-26)12-5-4-11(22)6-14(12)23/h4-9,19H,10H2,1-3H3,(H,28,29)/t19-/m0/s1. The van der Waals surface area contributed by atoms with Crippen molar-refractivity contribution in [2.45, 2.75) is 33.4 Å². The van der Waals surface area contributed by atoms with Gasteiger partial charge in [0.2, 0.25) is 0 Å². The fourth-order valence-corrected chi connectivity index (χ4v) is 3.71. The first-order valence-corrected chi connectivity index (χ1v) is 9.09. The number of hydrogen-bond acceptors (Lipinski definition) is 3. The molecule has 0 saturated carbocycles. The molecule has 1 aliphatic rings. The number of aromatic carboxylic acids is 1. The summed E-state index contributed by atoms with van der Waals surface area (Å²) in [6, 6.07) is 5.99. The minimum atomic E-state index is -1.29. The van der Waals surface area contributed by atoms with E-state index in [0.29, 0.717) is 23.6 Å². The Labute approximate surface area is 165 Å². The molecular weight excluding hydrogens is 380 g/mol. The lowest BCUT2D eigenvalue weighted by Gasteiger charge is -2.38. The summed E-state index contributed by atoms with van der Waals surface area (Å²) < 4.78 is 31.0. The van der Waals surface area contributed by atoms with Gasteiger partial charge >= 0.3 is 5.97 Å². The number of aromatic nitrogens is 3. The number of carboxylic acid groups (broad SMARTS) is 1. The zero-order valence-corrected chi connectivity index (χ0v) is 16.1. The Morgan fingerprint density at radius 2 is 1.90 bits per heavy atom. The molecule has 1 aromatic carbocycles. The molecule has 0 aliphatic carbocycles. The predicted octanol–water partition coefficient (Wildman–Crippen LogP) is 3.96. The smallest absolute Gasteiger partial charge is 0.341 e. The Morgan fingerprint density at radius 1 is 1.17 bits per heavy atom. The number of carbonyl (C=O) groups is 1. The van der Waals surface area contributed by atoms with E-state index in [0.717, 1.165) is 12.1 Å². The number of hydrogen-bond donors (Lipinski definition) is 1. The fourth-order valence-electron chi connectivity index (χ4n) is 3.71. The zero-order chi connectivity index (χ0) is 21.1. The van der Waals surface area contributed by atoms with Crippen LogP contribution in [0.3, 0.4) is 0 Å². The van der Waals surface area contributed by atoms with Crippen molar-refractivity contribution >= 4 is 5.97 Å². The fraction of sp³-hybridized carbons (Fsp3) is 0.286. The van der Waals surface area contributed by atoms with Gasteiger partial charge in [0, 0.05) is 23.9 Å². The van der Waals surface area contributed by atoms with E-state index in [9.17, 15) is 23.5 Å².